The van der Waals surface area contributed by atoms with Crippen LogP contribution >= 0.6 is 15.9 Å². The van der Waals surface area contributed by atoms with Crippen LogP contribution in [0.1, 0.15) is 10.4 Å². The van der Waals surface area contributed by atoms with Crippen molar-refractivity contribution >= 4 is 38.6 Å². The number of rotatable bonds is 5. The van der Waals surface area contributed by atoms with E-state index in [0.717, 1.165) is 10.0 Å². The molecule has 7 heteroatoms. The maximum Gasteiger partial charge on any atom is 0.263 e. The highest BCUT2D eigenvalue weighted by Crippen LogP contribution is 2.30. The van der Waals surface area contributed by atoms with E-state index in [0.29, 0.717) is 39.7 Å². The van der Waals surface area contributed by atoms with E-state index in [-0.39, 0.29) is 5.91 Å². The van der Waals surface area contributed by atoms with E-state index >= 15 is 0 Å². The van der Waals surface area contributed by atoms with Gasteiger partial charge in [-0.25, -0.2) is 4.98 Å². The first-order valence-electron chi connectivity index (χ1n) is 8.78. The number of hydrogen-bond donors (Lipinski definition) is 1. The second-order valence-electron chi connectivity index (χ2n) is 6.20. The van der Waals surface area contributed by atoms with Gasteiger partial charge in [-0.2, -0.15) is 0 Å². The SMILES string of the molecule is COc1cccc(OC)c1C(=O)Nc1ccc2oc(-c3ccc(Br)cc3)nc2c1. The molecule has 1 heterocycles. The molecule has 3 aromatic carbocycles. The zero-order valence-electron chi connectivity index (χ0n) is 15.7. The van der Waals surface area contributed by atoms with Crippen molar-refractivity contribution in [1.82, 2.24) is 4.98 Å². The lowest BCUT2D eigenvalue weighted by Crippen LogP contribution is -2.14. The van der Waals surface area contributed by atoms with Crippen LogP contribution in [0.4, 0.5) is 5.69 Å². The van der Waals surface area contributed by atoms with Crippen LogP contribution < -0.4 is 14.8 Å². The zero-order valence-corrected chi connectivity index (χ0v) is 17.3. The molecule has 0 aliphatic carbocycles. The van der Waals surface area contributed by atoms with Gasteiger partial charge < -0.3 is 19.2 Å². The third kappa shape index (κ3) is 3.82. The lowest BCUT2D eigenvalue weighted by atomic mass is 10.1. The molecule has 29 heavy (non-hydrogen) atoms. The Kier molecular flexibility index (Phi) is 5.22. The number of ether oxygens (including phenoxy) is 2. The molecule has 0 fully saturated rings. The molecule has 1 aromatic heterocycles. The summed E-state index contributed by atoms with van der Waals surface area (Å²) in [5, 5.41) is 2.87. The number of anilines is 1. The summed E-state index contributed by atoms with van der Waals surface area (Å²) in [4.78, 5) is 17.4. The predicted molar refractivity (Wildman–Crippen MR) is 115 cm³/mol. The van der Waals surface area contributed by atoms with Gasteiger partial charge in [-0.05, 0) is 54.6 Å². The molecule has 0 unspecified atom stereocenters. The van der Waals surface area contributed by atoms with E-state index in [2.05, 4.69) is 26.2 Å². The quantitative estimate of drug-likeness (QED) is 0.431. The standard InChI is InChI=1S/C22H17BrN2O4/c1-27-18-4-3-5-19(28-2)20(18)21(26)24-15-10-11-17-16(12-15)25-22(29-17)13-6-8-14(23)9-7-13/h3-12H,1-2H3,(H,24,26). The predicted octanol–water partition coefficient (Wildman–Crippen LogP) is 5.53. The van der Waals surface area contributed by atoms with Gasteiger partial charge in [-0.15, -0.1) is 0 Å². The van der Waals surface area contributed by atoms with E-state index in [1.165, 1.54) is 14.2 Å². The van der Waals surface area contributed by atoms with E-state index in [1.807, 2.05) is 24.3 Å². The number of methoxy groups -OCH3 is 2. The highest BCUT2D eigenvalue weighted by atomic mass is 79.9. The monoisotopic (exact) mass is 452 g/mol. The number of fused-ring (bicyclic) bond motifs is 1. The average molecular weight is 453 g/mol. The smallest absolute Gasteiger partial charge is 0.263 e. The highest BCUT2D eigenvalue weighted by molar-refractivity contribution is 9.10. The molecule has 1 amide bonds. The first-order valence-corrected chi connectivity index (χ1v) is 9.57. The highest BCUT2D eigenvalue weighted by Gasteiger charge is 2.19. The molecule has 6 nitrogen and oxygen atoms in total. The Bertz CT molecular complexity index is 1160. The molecule has 0 aliphatic heterocycles. The number of oxazole rings is 1. The molecule has 0 aliphatic rings. The Morgan fingerprint density at radius 3 is 2.34 bits per heavy atom. The molecule has 0 atom stereocenters. The first-order chi connectivity index (χ1) is 14.1. The molecular weight excluding hydrogens is 436 g/mol. The number of amides is 1. The number of carbonyl (C=O) groups is 1. The third-order valence-corrected chi connectivity index (χ3v) is 4.92. The Morgan fingerprint density at radius 2 is 1.69 bits per heavy atom. The van der Waals surface area contributed by atoms with Gasteiger partial charge in [0.25, 0.3) is 5.91 Å². The molecule has 4 rings (SSSR count). The van der Waals surface area contributed by atoms with Crippen molar-refractivity contribution in [3.63, 3.8) is 0 Å². The summed E-state index contributed by atoms with van der Waals surface area (Å²) in [6.07, 6.45) is 0. The van der Waals surface area contributed by atoms with E-state index in [4.69, 9.17) is 13.9 Å². The fourth-order valence-electron chi connectivity index (χ4n) is 2.99. The summed E-state index contributed by atoms with van der Waals surface area (Å²) < 4.78 is 17.4. The minimum Gasteiger partial charge on any atom is -0.496 e. The Hall–Kier alpha value is -3.32. The molecule has 0 saturated heterocycles. The summed E-state index contributed by atoms with van der Waals surface area (Å²) in [6.45, 7) is 0. The van der Waals surface area contributed by atoms with Gasteiger partial charge in [0.2, 0.25) is 5.89 Å². The zero-order chi connectivity index (χ0) is 20.4. The number of halogens is 1. The third-order valence-electron chi connectivity index (χ3n) is 4.39. The van der Waals surface area contributed by atoms with Crippen LogP contribution in [-0.2, 0) is 0 Å². The fourth-order valence-corrected chi connectivity index (χ4v) is 3.25. The van der Waals surface area contributed by atoms with Crippen LogP contribution in [0.5, 0.6) is 11.5 Å². The van der Waals surface area contributed by atoms with E-state index < -0.39 is 0 Å². The van der Waals surface area contributed by atoms with Gasteiger partial charge in [0.1, 0.15) is 22.6 Å². The van der Waals surface area contributed by atoms with Crippen molar-refractivity contribution in [2.45, 2.75) is 0 Å². The maximum absolute atomic E-state index is 12.8. The molecule has 146 valence electrons. The van der Waals surface area contributed by atoms with Gasteiger partial charge >= 0.3 is 0 Å². The molecular formula is C22H17BrN2O4. The lowest BCUT2D eigenvalue weighted by molar-refractivity contribution is 0.102. The number of carbonyl (C=O) groups excluding carboxylic acids is 1. The topological polar surface area (TPSA) is 73.6 Å². The molecule has 0 bridgehead atoms. The van der Waals surface area contributed by atoms with E-state index in [1.54, 1.807) is 36.4 Å². The molecule has 0 spiro atoms. The summed E-state index contributed by atoms with van der Waals surface area (Å²) in [6, 6.07) is 18.2. The van der Waals surface area contributed by atoms with Crippen LogP contribution in [-0.4, -0.2) is 25.1 Å². The van der Waals surface area contributed by atoms with Gasteiger partial charge in [0, 0.05) is 15.7 Å². The van der Waals surface area contributed by atoms with Crippen LogP contribution in [0.3, 0.4) is 0 Å². The molecule has 4 aromatic rings. The van der Waals surface area contributed by atoms with Crippen molar-refractivity contribution in [2.75, 3.05) is 19.5 Å². The van der Waals surface area contributed by atoms with Gasteiger partial charge in [-0.3, -0.25) is 4.79 Å². The van der Waals surface area contributed by atoms with Gasteiger partial charge in [-0.1, -0.05) is 22.0 Å². The number of benzene rings is 3. The lowest BCUT2D eigenvalue weighted by Gasteiger charge is -2.12. The van der Waals surface area contributed by atoms with E-state index in [9.17, 15) is 4.79 Å². The van der Waals surface area contributed by atoms with Gasteiger partial charge in [0.05, 0.1) is 14.2 Å². The number of nitrogens with zero attached hydrogens (tertiary/aromatic N) is 1. The number of nitrogens with one attached hydrogen (secondary N) is 1. The summed E-state index contributed by atoms with van der Waals surface area (Å²) in [7, 11) is 3.02. The number of hydrogen-bond acceptors (Lipinski definition) is 5. The Labute approximate surface area is 175 Å². The van der Waals surface area contributed by atoms with Gasteiger partial charge in [0.15, 0.2) is 5.58 Å². The maximum atomic E-state index is 12.8. The molecule has 1 N–H and O–H groups in total. The van der Waals surface area contributed by atoms with Crippen molar-refractivity contribution in [3.8, 4) is 23.0 Å². The minimum atomic E-state index is -0.338. The van der Waals surface area contributed by atoms with Crippen molar-refractivity contribution in [1.29, 1.82) is 0 Å². The van der Waals surface area contributed by atoms with Crippen LogP contribution in [0.25, 0.3) is 22.6 Å². The summed E-state index contributed by atoms with van der Waals surface area (Å²) in [5.74, 6) is 1.04. The fraction of sp³-hybridized carbons (Fsp3) is 0.0909. The van der Waals surface area contributed by atoms with Crippen molar-refractivity contribution < 1.29 is 18.7 Å². The largest absolute Gasteiger partial charge is 0.496 e. The normalized spacial score (nSPS) is 10.7. The van der Waals surface area contributed by atoms with Crippen LogP contribution in [0.15, 0.2) is 69.6 Å². The number of aromatic nitrogens is 1. The van der Waals surface area contributed by atoms with Crippen LogP contribution in [0, 0.1) is 0 Å². The molecule has 0 saturated carbocycles. The first kappa shape index (κ1) is 19.0. The Balaban J connectivity index is 1.64. The Morgan fingerprint density at radius 1 is 1.00 bits per heavy atom. The summed E-state index contributed by atoms with van der Waals surface area (Å²) in [5.41, 5.74) is 3.07. The average Bonchev–Trinajstić information content (AvgIpc) is 3.16. The second kappa shape index (κ2) is 7.97. The minimum absolute atomic E-state index is 0.327. The van der Waals surface area contributed by atoms with Crippen molar-refractivity contribution in [3.05, 3.63) is 70.7 Å². The second-order valence-corrected chi connectivity index (χ2v) is 7.12. The van der Waals surface area contributed by atoms with Crippen LogP contribution in [0.2, 0.25) is 0 Å². The summed E-state index contributed by atoms with van der Waals surface area (Å²) >= 11 is 3.42. The molecule has 0 radical (unpaired) electrons. The van der Waals surface area contributed by atoms with Crippen molar-refractivity contribution in [2.24, 2.45) is 0 Å².